The molecule has 1 N–H and O–H groups in total. The van der Waals surface area contributed by atoms with Gasteiger partial charge in [-0.25, -0.2) is 25.9 Å². The van der Waals surface area contributed by atoms with Gasteiger partial charge in [0.25, 0.3) is 0 Å². The van der Waals surface area contributed by atoms with Crippen LogP contribution in [0.2, 0.25) is 0 Å². The maximum Gasteiger partial charge on any atom is 0.244 e. The van der Waals surface area contributed by atoms with E-state index >= 15 is 0 Å². The van der Waals surface area contributed by atoms with Crippen LogP contribution in [-0.4, -0.2) is 66.2 Å². The van der Waals surface area contributed by atoms with Crippen molar-refractivity contribution in [1.82, 2.24) is 9.62 Å². The van der Waals surface area contributed by atoms with Crippen molar-refractivity contribution in [3.8, 4) is 5.75 Å². The molecule has 1 aliphatic rings. The van der Waals surface area contributed by atoms with Crippen LogP contribution in [0.1, 0.15) is 27.2 Å². The number of nitrogens with zero attached hydrogens (tertiary/aromatic N) is 2. The summed E-state index contributed by atoms with van der Waals surface area (Å²) in [7, 11) is -6.46. The van der Waals surface area contributed by atoms with Gasteiger partial charge in [0.05, 0.1) is 18.6 Å². The van der Waals surface area contributed by atoms with E-state index in [9.17, 15) is 21.6 Å². The van der Waals surface area contributed by atoms with Crippen molar-refractivity contribution in [3.05, 3.63) is 18.2 Å². The Kier molecular flexibility index (Phi) is 7.07. The summed E-state index contributed by atoms with van der Waals surface area (Å²) in [5, 5.41) is 0. The van der Waals surface area contributed by atoms with Gasteiger partial charge in [-0.3, -0.25) is 9.69 Å². The van der Waals surface area contributed by atoms with Crippen molar-refractivity contribution in [3.63, 3.8) is 0 Å². The molecule has 1 saturated heterocycles. The maximum atomic E-state index is 12.9. The Morgan fingerprint density at radius 2 is 1.93 bits per heavy atom. The highest BCUT2D eigenvalue weighted by Crippen LogP contribution is 2.32. The Morgan fingerprint density at radius 1 is 1.29 bits per heavy atom. The Hall–Kier alpha value is -1.69. The lowest BCUT2D eigenvalue weighted by Crippen LogP contribution is -2.42. The molecule has 0 spiro atoms. The van der Waals surface area contributed by atoms with Crippen molar-refractivity contribution < 1.29 is 26.4 Å². The van der Waals surface area contributed by atoms with Crippen LogP contribution in [0.25, 0.3) is 0 Å². The fourth-order valence-corrected chi connectivity index (χ4v) is 5.91. The second-order valence-corrected chi connectivity index (χ2v) is 10.2. The van der Waals surface area contributed by atoms with Gasteiger partial charge in [-0.1, -0.05) is 13.8 Å². The van der Waals surface area contributed by atoms with Crippen LogP contribution in [0.3, 0.4) is 0 Å². The van der Waals surface area contributed by atoms with Crippen molar-refractivity contribution in [2.24, 2.45) is 0 Å². The Morgan fingerprint density at radius 3 is 2.43 bits per heavy atom. The van der Waals surface area contributed by atoms with Crippen molar-refractivity contribution in [1.29, 1.82) is 0 Å². The molecule has 9 nitrogen and oxygen atoms in total. The Bertz CT molecular complexity index is 926. The van der Waals surface area contributed by atoms with E-state index < -0.39 is 26.0 Å². The number of benzene rings is 1. The standard InChI is InChI=1S/C17H27N3O6S2/c1-5-19(6-2)13(3)12-18-28(24,25)16-11-14(7-8-15(16)26-4)20-17(21)9-10-27(20,22)23/h7-8,11,13,18H,5-6,9-10,12H2,1-4H3/t13-/m1/s1. The van der Waals surface area contributed by atoms with Gasteiger partial charge in [0.15, 0.2) is 0 Å². The van der Waals surface area contributed by atoms with Crippen LogP contribution in [0.15, 0.2) is 23.1 Å². The second kappa shape index (κ2) is 8.76. The molecule has 1 aliphatic heterocycles. The van der Waals surface area contributed by atoms with Gasteiger partial charge in [0.1, 0.15) is 10.6 Å². The molecule has 1 aromatic carbocycles. The highest BCUT2D eigenvalue weighted by molar-refractivity contribution is 7.94. The van der Waals surface area contributed by atoms with Gasteiger partial charge in [0.2, 0.25) is 26.0 Å². The molecule has 11 heteroatoms. The third-order valence-electron chi connectivity index (χ3n) is 4.75. The van der Waals surface area contributed by atoms with Crippen LogP contribution in [0, 0.1) is 0 Å². The quantitative estimate of drug-likeness (QED) is 0.612. The number of rotatable bonds is 9. The van der Waals surface area contributed by atoms with Crippen molar-refractivity contribution in [2.75, 3.05) is 36.8 Å². The number of likely N-dealkylation sites (N-methyl/N-ethyl adjacent to an activating group) is 1. The predicted molar refractivity (Wildman–Crippen MR) is 106 cm³/mol. The molecule has 1 fully saturated rings. The number of methoxy groups -OCH3 is 1. The number of sulfonamides is 2. The summed E-state index contributed by atoms with van der Waals surface area (Å²) in [5.74, 6) is -0.813. The molecular formula is C17H27N3O6S2. The fourth-order valence-electron chi connectivity index (χ4n) is 3.15. The molecular weight excluding hydrogens is 406 g/mol. The highest BCUT2D eigenvalue weighted by Gasteiger charge is 2.37. The smallest absolute Gasteiger partial charge is 0.244 e. The van der Waals surface area contributed by atoms with E-state index in [1.807, 2.05) is 20.8 Å². The molecule has 0 aromatic heterocycles. The molecule has 28 heavy (non-hydrogen) atoms. The SMILES string of the molecule is CCN(CC)[C@H](C)CNS(=O)(=O)c1cc(N2C(=O)CCS2(=O)=O)ccc1OC. The third-order valence-corrected chi connectivity index (χ3v) is 7.89. The minimum Gasteiger partial charge on any atom is -0.495 e. The summed E-state index contributed by atoms with van der Waals surface area (Å²) >= 11 is 0. The number of hydrogen-bond acceptors (Lipinski definition) is 7. The van der Waals surface area contributed by atoms with E-state index in [4.69, 9.17) is 4.74 Å². The van der Waals surface area contributed by atoms with Gasteiger partial charge >= 0.3 is 0 Å². The highest BCUT2D eigenvalue weighted by atomic mass is 32.2. The van der Waals surface area contributed by atoms with E-state index in [0.29, 0.717) is 4.31 Å². The number of carbonyl (C=O) groups is 1. The van der Waals surface area contributed by atoms with Gasteiger partial charge in [-0.2, -0.15) is 0 Å². The zero-order valence-electron chi connectivity index (χ0n) is 16.5. The lowest BCUT2D eigenvalue weighted by atomic mass is 10.3. The van der Waals surface area contributed by atoms with Crippen LogP contribution in [-0.2, 0) is 24.8 Å². The van der Waals surface area contributed by atoms with Gasteiger partial charge in [-0.05, 0) is 38.2 Å². The lowest BCUT2D eigenvalue weighted by molar-refractivity contribution is -0.116. The average molecular weight is 434 g/mol. The largest absolute Gasteiger partial charge is 0.495 e. The van der Waals surface area contributed by atoms with Gasteiger partial charge in [-0.15, -0.1) is 0 Å². The summed E-state index contributed by atoms with van der Waals surface area (Å²) < 4.78 is 58.4. The van der Waals surface area contributed by atoms with E-state index in [1.54, 1.807) is 0 Å². The average Bonchev–Trinajstić information content (AvgIpc) is 2.93. The number of ether oxygens (including phenoxy) is 1. The third kappa shape index (κ3) is 4.65. The number of anilines is 1. The summed E-state index contributed by atoms with van der Waals surface area (Å²) in [6.45, 7) is 7.65. The van der Waals surface area contributed by atoms with E-state index in [1.165, 1.54) is 19.2 Å². The predicted octanol–water partition coefficient (Wildman–Crippen LogP) is 0.770. The lowest BCUT2D eigenvalue weighted by Gasteiger charge is -2.26. The molecule has 2 rings (SSSR count). The van der Waals surface area contributed by atoms with Gasteiger partial charge < -0.3 is 4.74 Å². The molecule has 1 amide bonds. The molecule has 0 saturated carbocycles. The fraction of sp³-hybridized carbons (Fsp3) is 0.588. The number of amides is 1. The van der Waals surface area contributed by atoms with E-state index in [2.05, 4.69) is 9.62 Å². The summed E-state index contributed by atoms with van der Waals surface area (Å²) in [6, 6.07) is 3.83. The molecule has 158 valence electrons. The molecule has 1 atom stereocenters. The normalized spacial score (nSPS) is 17.9. The summed E-state index contributed by atoms with van der Waals surface area (Å²) in [6.07, 6.45) is -0.129. The van der Waals surface area contributed by atoms with Crippen LogP contribution >= 0.6 is 0 Å². The zero-order valence-corrected chi connectivity index (χ0v) is 18.1. The zero-order chi connectivity index (χ0) is 21.1. The number of nitrogens with one attached hydrogen (secondary N) is 1. The summed E-state index contributed by atoms with van der Waals surface area (Å²) in [4.78, 5) is 13.9. The topological polar surface area (TPSA) is 113 Å². The van der Waals surface area contributed by atoms with Gasteiger partial charge in [0, 0.05) is 19.0 Å². The van der Waals surface area contributed by atoms with Crippen molar-refractivity contribution in [2.45, 2.75) is 38.1 Å². The van der Waals surface area contributed by atoms with E-state index in [0.717, 1.165) is 19.2 Å². The van der Waals surface area contributed by atoms with Crippen LogP contribution in [0.4, 0.5) is 5.69 Å². The van der Waals surface area contributed by atoms with Crippen molar-refractivity contribution >= 4 is 31.6 Å². The van der Waals surface area contributed by atoms with Crippen LogP contribution < -0.4 is 13.8 Å². The first-order valence-corrected chi connectivity index (χ1v) is 12.1. The minimum absolute atomic E-state index is 0.0135. The summed E-state index contributed by atoms with van der Waals surface area (Å²) in [5.41, 5.74) is -0.0135. The van der Waals surface area contributed by atoms with E-state index in [-0.39, 0.29) is 41.1 Å². The molecule has 0 unspecified atom stereocenters. The Labute approximate surface area is 166 Å². The monoisotopic (exact) mass is 433 g/mol. The molecule has 0 bridgehead atoms. The number of hydrogen-bond donors (Lipinski definition) is 1. The van der Waals surface area contributed by atoms with Crippen LogP contribution in [0.5, 0.6) is 5.75 Å². The maximum absolute atomic E-state index is 12.9. The second-order valence-electron chi connectivity index (χ2n) is 6.48. The molecule has 1 aromatic rings. The Balaban J connectivity index is 2.36. The number of carbonyl (C=O) groups excluding carboxylic acids is 1. The first-order valence-electron chi connectivity index (χ1n) is 9.05. The first kappa shape index (κ1) is 22.6. The molecule has 1 heterocycles. The molecule has 0 radical (unpaired) electrons. The molecule has 0 aliphatic carbocycles. The minimum atomic E-state index is -3.99. The first-order chi connectivity index (χ1) is 13.1.